The Bertz CT molecular complexity index is 96.3. The van der Waals surface area contributed by atoms with Crippen LogP contribution in [0.4, 0.5) is 0 Å². The standard InChI is InChI=1S/C4H6N2/c1-2-5-4-6-3-1/h2-3H,1,4H2/i4D. The molecule has 0 saturated carbocycles. The third kappa shape index (κ3) is 0.641. The minimum atomic E-state index is -0.575. The van der Waals surface area contributed by atoms with E-state index in [2.05, 4.69) is 9.98 Å². The van der Waals surface area contributed by atoms with Crippen LogP contribution in [-0.2, 0) is 0 Å². The van der Waals surface area contributed by atoms with Gasteiger partial charge in [0.05, 0.1) is 1.37 Å². The molecule has 0 aromatic carbocycles. The van der Waals surface area contributed by atoms with Crippen LogP contribution in [0.3, 0.4) is 0 Å². The second-order valence-corrected chi connectivity index (χ2v) is 1.01. The number of rotatable bonds is 0. The average molecular weight is 83.1 g/mol. The van der Waals surface area contributed by atoms with Gasteiger partial charge in [-0.2, -0.15) is 0 Å². The molecule has 0 atom stereocenters. The Morgan fingerprint density at radius 2 is 2.17 bits per heavy atom. The van der Waals surface area contributed by atoms with Gasteiger partial charge >= 0.3 is 0 Å². The van der Waals surface area contributed by atoms with Crippen LogP contribution in [0, 0.1) is 0 Å². The number of hydrogen-bond donors (Lipinski definition) is 0. The largest absolute Gasteiger partial charge is 0.274 e. The molecular formula is C4H6N2. The third-order valence-corrected chi connectivity index (χ3v) is 0.555. The second kappa shape index (κ2) is 1.70. The molecule has 0 saturated heterocycles. The molecule has 0 amide bonds. The third-order valence-electron chi connectivity index (χ3n) is 0.555. The summed E-state index contributed by atoms with van der Waals surface area (Å²) in [6, 6.07) is 0. The van der Waals surface area contributed by atoms with Crippen molar-refractivity contribution in [2.45, 2.75) is 6.42 Å². The monoisotopic (exact) mass is 83.1 g/mol. The Hall–Kier alpha value is -0.660. The van der Waals surface area contributed by atoms with Gasteiger partial charge < -0.3 is 0 Å². The number of aliphatic imine (C=N–C) groups is 2. The van der Waals surface area contributed by atoms with Crippen LogP contribution in [0.1, 0.15) is 7.79 Å². The molecule has 0 aromatic heterocycles. The smallest absolute Gasteiger partial charge is 0.128 e. The Labute approximate surface area is 38.0 Å². The quantitative estimate of drug-likeness (QED) is 0.407. The SMILES string of the molecule is [2H]C1N=CCC=N1. The minimum absolute atomic E-state index is 0.575. The van der Waals surface area contributed by atoms with Crippen LogP contribution in [0.2, 0.25) is 0 Å². The molecule has 0 aliphatic carbocycles. The molecule has 32 valence electrons. The summed E-state index contributed by atoms with van der Waals surface area (Å²) in [5.74, 6) is 0. The highest BCUT2D eigenvalue weighted by atomic mass is 14.9. The maximum atomic E-state index is 6.88. The maximum absolute atomic E-state index is 6.88. The minimum Gasteiger partial charge on any atom is -0.274 e. The summed E-state index contributed by atoms with van der Waals surface area (Å²) in [7, 11) is 0. The molecule has 0 unspecified atom stereocenters. The highest BCUT2D eigenvalue weighted by Crippen LogP contribution is 1.79. The van der Waals surface area contributed by atoms with E-state index in [0.717, 1.165) is 6.42 Å². The molecule has 1 aliphatic rings. The van der Waals surface area contributed by atoms with Gasteiger partial charge in [0.15, 0.2) is 0 Å². The van der Waals surface area contributed by atoms with E-state index in [1.165, 1.54) is 0 Å². The first kappa shape index (κ1) is 2.50. The van der Waals surface area contributed by atoms with E-state index < -0.39 is 6.64 Å². The summed E-state index contributed by atoms with van der Waals surface area (Å²) in [6.45, 7) is -0.575. The van der Waals surface area contributed by atoms with Crippen molar-refractivity contribution in [2.75, 3.05) is 6.64 Å². The van der Waals surface area contributed by atoms with Crippen molar-refractivity contribution in [3.63, 3.8) is 0 Å². The van der Waals surface area contributed by atoms with Crippen LogP contribution in [0.25, 0.3) is 0 Å². The molecule has 2 nitrogen and oxygen atoms in total. The topological polar surface area (TPSA) is 24.7 Å². The molecule has 6 heavy (non-hydrogen) atoms. The van der Waals surface area contributed by atoms with E-state index >= 15 is 0 Å². The van der Waals surface area contributed by atoms with E-state index in [4.69, 9.17) is 1.37 Å². The van der Waals surface area contributed by atoms with E-state index in [9.17, 15) is 0 Å². The predicted octanol–water partition coefficient (Wildman–Crippen LogP) is 0.489. The first-order valence-corrected chi connectivity index (χ1v) is 1.85. The van der Waals surface area contributed by atoms with Gasteiger partial charge in [-0.25, -0.2) is 0 Å². The van der Waals surface area contributed by atoms with Crippen molar-refractivity contribution >= 4 is 12.4 Å². The number of nitrogens with zero attached hydrogens (tertiary/aromatic N) is 2. The van der Waals surface area contributed by atoms with Gasteiger partial charge in [0, 0.05) is 18.9 Å². The lowest BCUT2D eigenvalue weighted by Crippen LogP contribution is -1.86. The Kier molecular flexibility index (Phi) is 0.708. The van der Waals surface area contributed by atoms with Crippen molar-refractivity contribution in [1.29, 1.82) is 0 Å². The van der Waals surface area contributed by atoms with Crippen molar-refractivity contribution in [2.24, 2.45) is 9.98 Å². The zero-order valence-corrected chi connectivity index (χ0v) is 3.33. The van der Waals surface area contributed by atoms with Gasteiger partial charge in [0.2, 0.25) is 0 Å². The lowest BCUT2D eigenvalue weighted by atomic mass is 10.5. The van der Waals surface area contributed by atoms with Gasteiger partial charge in [0.1, 0.15) is 6.64 Å². The fraction of sp³-hybridized carbons (Fsp3) is 0.500. The molecule has 0 fully saturated rings. The van der Waals surface area contributed by atoms with Gasteiger partial charge in [-0.1, -0.05) is 0 Å². The Morgan fingerprint density at radius 1 is 1.50 bits per heavy atom. The number of hydrogen-bond acceptors (Lipinski definition) is 2. The molecule has 0 bridgehead atoms. The summed E-state index contributed by atoms with van der Waals surface area (Å²) in [5.41, 5.74) is 0. The highest BCUT2D eigenvalue weighted by Gasteiger charge is 1.77. The molecule has 1 heterocycles. The summed E-state index contributed by atoms with van der Waals surface area (Å²) in [6.07, 6.45) is 4.19. The molecule has 0 N–H and O–H groups in total. The Morgan fingerprint density at radius 3 is 2.50 bits per heavy atom. The maximum Gasteiger partial charge on any atom is 0.128 e. The van der Waals surface area contributed by atoms with Crippen molar-refractivity contribution in [1.82, 2.24) is 0 Å². The summed E-state index contributed by atoms with van der Waals surface area (Å²) in [5, 5.41) is 0. The normalized spacial score (nSPS) is 24.3. The van der Waals surface area contributed by atoms with Gasteiger partial charge in [-0.15, -0.1) is 0 Å². The van der Waals surface area contributed by atoms with Crippen LogP contribution >= 0.6 is 0 Å². The van der Waals surface area contributed by atoms with E-state index in [0.29, 0.717) is 0 Å². The lowest BCUT2D eigenvalue weighted by Gasteiger charge is -1.88. The zero-order chi connectivity index (χ0) is 5.11. The lowest BCUT2D eigenvalue weighted by molar-refractivity contribution is 1.06. The molecule has 1 rings (SSSR count). The van der Waals surface area contributed by atoms with Crippen LogP contribution < -0.4 is 0 Å². The summed E-state index contributed by atoms with van der Waals surface area (Å²) in [4.78, 5) is 7.35. The van der Waals surface area contributed by atoms with Crippen molar-refractivity contribution in [3.8, 4) is 0 Å². The fourth-order valence-corrected chi connectivity index (χ4v) is 0.302. The van der Waals surface area contributed by atoms with Crippen LogP contribution in [0.15, 0.2) is 9.98 Å². The van der Waals surface area contributed by atoms with Crippen molar-refractivity contribution < 1.29 is 1.37 Å². The average Bonchev–Trinajstić information content (AvgIpc) is 1.69. The first-order valence-electron chi connectivity index (χ1n) is 2.43. The molecule has 1 aliphatic heterocycles. The van der Waals surface area contributed by atoms with E-state index in [1.807, 2.05) is 0 Å². The first-order chi connectivity index (χ1) is 3.39. The zero-order valence-electron chi connectivity index (χ0n) is 4.33. The summed E-state index contributed by atoms with van der Waals surface area (Å²) >= 11 is 0. The van der Waals surface area contributed by atoms with Crippen molar-refractivity contribution in [3.05, 3.63) is 0 Å². The molecular weight excluding hydrogens is 76.1 g/mol. The van der Waals surface area contributed by atoms with Crippen LogP contribution in [0.5, 0.6) is 0 Å². The second-order valence-electron chi connectivity index (χ2n) is 1.01. The Balaban J connectivity index is 2.49. The summed E-state index contributed by atoms with van der Waals surface area (Å²) < 4.78 is 6.88. The highest BCUT2D eigenvalue weighted by molar-refractivity contribution is 5.80. The van der Waals surface area contributed by atoms with Gasteiger partial charge in [-0.05, 0) is 0 Å². The van der Waals surface area contributed by atoms with E-state index in [-0.39, 0.29) is 0 Å². The van der Waals surface area contributed by atoms with Gasteiger partial charge in [0.25, 0.3) is 0 Å². The molecule has 0 radical (unpaired) electrons. The molecule has 0 aromatic rings. The predicted molar refractivity (Wildman–Crippen MR) is 26.5 cm³/mol. The molecule has 0 spiro atoms. The van der Waals surface area contributed by atoms with E-state index in [1.54, 1.807) is 12.4 Å². The fourth-order valence-electron chi connectivity index (χ4n) is 0.302. The molecule has 2 heteroatoms. The van der Waals surface area contributed by atoms with Crippen LogP contribution in [-0.4, -0.2) is 19.1 Å². The van der Waals surface area contributed by atoms with Gasteiger partial charge in [-0.3, -0.25) is 9.98 Å².